The maximum atomic E-state index is 12.0. The first-order chi connectivity index (χ1) is 9.08. The molecule has 0 saturated heterocycles. The molecule has 0 unspecified atom stereocenters. The molecule has 0 aliphatic carbocycles. The van der Waals surface area contributed by atoms with Gasteiger partial charge in [0.25, 0.3) is 0 Å². The number of rotatable bonds is 2. The second-order valence-electron chi connectivity index (χ2n) is 4.24. The maximum Gasteiger partial charge on any atom is 0.189 e. The van der Waals surface area contributed by atoms with E-state index in [-0.39, 0.29) is 5.75 Å². The Bertz CT molecular complexity index is 720. The maximum absolute atomic E-state index is 12.0. The Morgan fingerprint density at radius 1 is 1.00 bits per heavy atom. The quantitative estimate of drug-likeness (QED) is 0.786. The Morgan fingerprint density at radius 3 is 2.42 bits per heavy atom. The first kappa shape index (κ1) is 13.4. The van der Waals surface area contributed by atoms with E-state index in [9.17, 15) is 8.42 Å². The molecular formula is C16H14O2S. The van der Waals surface area contributed by atoms with Gasteiger partial charge in [0.2, 0.25) is 0 Å². The lowest BCUT2D eigenvalue weighted by atomic mass is 10.1. The van der Waals surface area contributed by atoms with Gasteiger partial charge < -0.3 is 0 Å². The van der Waals surface area contributed by atoms with Crippen LogP contribution in [0.15, 0.2) is 59.5 Å². The monoisotopic (exact) mass is 270 g/mol. The zero-order valence-corrected chi connectivity index (χ0v) is 11.4. The van der Waals surface area contributed by atoms with E-state index in [0.717, 1.165) is 11.1 Å². The highest BCUT2D eigenvalue weighted by atomic mass is 32.2. The Labute approximate surface area is 114 Å². The molecular weight excluding hydrogens is 256 g/mol. The molecule has 19 heavy (non-hydrogen) atoms. The summed E-state index contributed by atoms with van der Waals surface area (Å²) in [5.74, 6) is 5.45. The molecule has 2 rings (SSSR count). The smallest absolute Gasteiger partial charge is 0.189 e. The highest BCUT2D eigenvalue weighted by Gasteiger charge is 2.11. The zero-order valence-electron chi connectivity index (χ0n) is 10.6. The van der Waals surface area contributed by atoms with Crippen LogP contribution in [0.2, 0.25) is 0 Å². The highest BCUT2D eigenvalue weighted by molar-refractivity contribution is 7.91. The van der Waals surface area contributed by atoms with Crippen LogP contribution in [-0.4, -0.2) is 14.2 Å². The van der Waals surface area contributed by atoms with Gasteiger partial charge in [-0.2, -0.15) is 0 Å². The lowest BCUT2D eigenvalue weighted by Gasteiger charge is -1.98. The van der Waals surface area contributed by atoms with Crippen LogP contribution < -0.4 is 0 Å². The number of aryl methyl sites for hydroxylation is 1. The molecule has 0 spiro atoms. The molecule has 2 nitrogen and oxygen atoms in total. The lowest BCUT2D eigenvalue weighted by molar-refractivity contribution is 0.599. The van der Waals surface area contributed by atoms with Crippen molar-refractivity contribution in [2.45, 2.75) is 11.8 Å². The van der Waals surface area contributed by atoms with Crippen molar-refractivity contribution in [1.29, 1.82) is 0 Å². The Balaban J connectivity index is 2.16. The standard InChI is InChI=1S/C16H14O2S/c1-14-7-5-8-15(13-14)9-6-12-19(17,18)16-10-3-2-4-11-16/h2-5,7-8,10-11,13H,12H2,1H3. The predicted octanol–water partition coefficient (Wildman–Crippen LogP) is 2.82. The van der Waals surface area contributed by atoms with Gasteiger partial charge in [0.05, 0.1) is 4.90 Å². The third-order valence-electron chi connectivity index (χ3n) is 2.62. The van der Waals surface area contributed by atoms with Gasteiger partial charge in [0, 0.05) is 5.56 Å². The summed E-state index contributed by atoms with van der Waals surface area (Å²) in [6, 6.07) is 16.1. The fraction of sp³-hybridized carbons (Fsp3) is 0.125. The van der Waals surface area contributed by atoms with E-state index < -0.39 is 9.84 Å². The number of benzene rings is 2. The van der Waals surface area contributed by atoms with Crippen molar-refractivity contribution >= 4 is 9.84 Å². The van der Waals surface area contributed by atoms with Gasteiger partial charge in [0.15, 0.2) is 9.84 Å². The van der Waals surface area contributed by atoms with Crippen molar-refractivity contribution < 1.29 is 8.42 Å². The molecule has 0 heterocycles. The molecule has 0 bridgehead atoms. The molecule has 0 aliphatic rings. The van der Waals surface area contributed by atoms with Crippen molar-refractivity contribution in [3.8, 4) is 11.8 Å². The summed E-state index contributed by atoms with van der Waals surface area (Å²) in [5, 5.41) is 0. The summed E-state index contributed by atoms with van der Waals surface area (Å²) < 4.78 is 24.0. The minimum Gasteiger partial charge on any atom is -0.223 e. The summed E-state index contributed by atoms with van der Waals surface area (Å²) >= 11 is 0. The molecule has 0 amide bonds. The van der Waals surface area contributed by atoms with Crippen LogP contribution in [0.25, 0.3) is 0 Å². The molecule has 0 saturated carbocycles. The molecule has 0 aromatic heterocycles. The molecule has 96 valence electrons. The van der Waals surface area contributed by atoms with Crippen LogP contribution in [0.1, 0.15) is 11.1 Å². The molecule has 2 aromatic rings. The predicted molar refractivity (Wildman–Crippen MR) is 76.6 cm³/mol. The van der Waals surface area contributed by atoms with Gasteiger partial charge in [0.1, 0.15) is 5.75 Å². The first-order valence-corrected chi connectivity index (χ1v) is 7.56. The minimum absolute atomic E-state index is 0.162. The second kappa shape index (κ2) is 5.73. The van der Waals surface area contributed by atoms with Crippen molar-refractivity contribution in [3.63, 3.8) is 0 Å². The summed E-state index contributed by atoms with van der Waals surface area (Å²) in [7, 11) is -3.31. The second-order valence-corrected chi connectivity index (χ2v) is 6.23. The van der Waals surface area contributed by atoms with Crippen LogP contribution in [0.4, 0.5) is 0 Å². The largest absolute Gasteiger partial charge is 0.223 e. The summed E-state index contributed by atoms with van der Waals surface area (Å²) in [4.78, 5) is 0.313. The van der Waals surface area contributed by atoms with Crippen molar-refractivity contribution in [1.82, 2.24) is 0 Å². The molecule has 0 atom stereocenters. The van der Waals surface area contributed by atoms with Crippen LogP contribution in [0.3, 0.4) is 0 Å². The number of hydrogen-bond acceptors (Lipinski definition) is 2. The van der Waals surface area contributed by atoms with E-state index in [1.807, 2.05) is 31.2 Å². The van der Waals surface area contributed by atoms with Crippen LogP contribution in [0.5, 0.6) is 0 Å². The van der Waals surface area contributed by atoms with E-state index in [0.29, 0.717) is 4.90 Å². The third-order valence-corrected chi connectivity index (χ3v) is 4.13. The van der Waals surface area contributed by atoms with E-state index in [4.69, 9.17) is 0 Å². The topological polar surface area (TPSA) is 34.1 Å². The summed E-state index contributed by atoms with van der Waals surface area (Å²) in [6.07, 6.45) is 0. The van der Waals surface area contributed by atoms with Gasteiger partial charge in [-0.1, -0.05) is 42.2 Å². The van der Waals surface area contributed by atoms with Crippen LogP contribution in [-0.2, 0) is 9.84 Å². The van der Waals surface area contributed by atoms with E-state index in [1.54, 1.807) is 30.3 Å². The summed E-state index contributed by atoms with van der Waals surface area (Å²) in [5.41, 5.74) is 1.95. The number of hydrogen-bond donors (Lipinski definition) is 0. The normalized spacial score (nSPS) is 10.6. The van der Waals surface area contributed by atoms with Gasteiger partial charge in [-0.05, 0) is 36.8 Å². The van der Waals surface area contributed by atoms with Crippen molar-refractivity contribution in [3.05, 3.63) is 65.7 Å². The lowest BCUT2D eigenvalue weighted by Crippen LogP contribution is -2.04. The molecule has 0 fully saturated rings. The van der Waals surface area contributed by atoms with Gasteiger partial charge in [-0.15, -0.1) is 0 Å². The molecule has 0 N–H and O–H groups in total. The molecule has 0 radical (unpaired) electrons. The Kier molecular flexibility index (Phi) is 4.03. The average Bonchev–Trinajstić information content (AvgIpc) is 2.40. The summed E-state index contributed by atoms with van der Waals surface area (Å²) in [6.45, 7) is 1.98. The average molecular weight is 270 g/mol. The minimum atomic E-state index is -3.31. The highest BCUT2D eigenvalue weighted by Crippen LogP contribution is 2.09. The fourth-order valence-electron chi connectivity index (χ4n) is 1.67. The van der Waals surface area contributed by atoms with Gasteiger partial charge in [-0.25, -0.2) is 8.42 Å². The fourth-order valence-corrected chi connectivity index (χ4v) is 2.67. The van der Waals surface area contributed by atoms with Crippen molar-refractivity contribution in [2.75, 3.05) is 5.75 Å². The Hall–Kier alpha value is -2.05. The van der Waals surface area contributed by atoms with Gasteiger partial charge >= 0.3 is 0 Å². The van der Waals surface area contributed by atoms with E-state index >= 15 is 0 Å². The number of sulfone groups is 1. The van der Waals surface area contributed by atoms with E-state index in [1.165, 1.54) is 0 Å². The van der Waals surface area contributed by atoms with Crippen molar-refractivity contribution in [2.24, 2.45) is 0 Å². The SMILES string of the molecule is Cc1cccc(C#CCS(=O)(=O)c2ccccc2)c1. The third kappa shape index (κ3) is 3.70. The van der Waals surface area contributed by atoms with E-state index in [2.05, 4.69) is 11.8 Å². The molecule has 2 aromatic carbocycles. The molecule has 3 heteroatoms. The molecule has 0 aliphatic heterocycles. The zero-order chi connectivity index (χ0) is 13.7. The van der Waals surface area contributed by atoms with Gasteiger partial charge in [-0.3, -0.25) is 0 Å². The Morgan fingerprint density at radius 2 is 1.74 bits per heavy atom. The van der Waals surface area contributed by atoms with Crippen LogP contribution in [0, 0.1) is 18.8 Å². The first-order valence-electron chi connectivity index (χ1n) is 5.91. The van der Waals surface area contributed by atoms with Crippen LogP contribution >= 0.6 is 0 Å².